The molecular weight excluding hydrogens is 142 g/mol. The van der Waals surface area contributed by atoms with E-state index in [0.717, 1.165) is 5.69 Å². The summed E-state index contributed by atoms with van der Waals surface area (Å²) in [5.41, 5.74) is 0.870. The van der Waals surface area contributed by atoms with Gasteiger partial charge >= 0.3 is 0 Å². The van der Waals surface area contributed by atoms with Crippen LogP contribution in [-0.2, 0) is 0 Å². The molecule has 1 aromatic heterocycles. The molecule has 1 fully saturated rings. The molecule has 0 aromatic carbocycles. The third-order valence-corrected chi connectivity index (χ3v) is 1.83. The number of aromatic nitrogens is 2. The van der Waals surface area contributed by atoms with Gasteiger partial charge < -0.3 is 9.77 Å². The van der Waals surface area contributed by atoms with Crippen LogP contribution in [0.5, 0.6) is 0 Å². The molecule has 58 valence electrons. The Morgan fingerprint density at radius 3 is 3.18 bits per heavy atom. The first-order chi connectivity index (χ1) is 5.42. The molecule has 11 heavy (non-hydrogen) atoms. The van der Waals surface area contributed by atoms with E-state index in [9.17, 15) is 0 Å². The lowest BCUT2D eigenvalue weighted by Crippen LogP contribution is -1.97. The molecule has 0 atom stereocenters. The summed E-state index contributed by atoms with van der Waals surface area (Å²) >= 11 is 0. The van der Waals surface area contributed by atoms with Gasteiger partial charge in [-0.25, -0.2) is 4.98 Å². The SMILES string of the molecule is ON=Cc1cncn1C1CC1. The summed E-state index contributed by atoms with van der Waals surface area (Å²) in [4.78, 5) is 3.96. The summed E-state index contributed by atoms with van der Waals surface area (Å²) in [6.07, 6.45) is 7.29. The normalized spacial score (nSPS) is 17.8. The van der Waals surface area contributed by atoms with E-state index >= 15 is 0 Å². The highest BCUT2D eigenvalue weighted by atomic mass is 16.4. The predicted octanol–water partition coefficient (Wildman–Crippen LogP) is 1.03. The smallest absolute Gasteiger partial charge is 0.0953 e. The lowest BCUT2D eigenvalue weighted by molar-refractivity contribution is 0.321. The van der Waals surface area contributed by atoms with Crippen molar-refractivity contribution in [3.05, 3.63) is 18.2 Å². The Bertz CT molecular complexity index is 275. The quantitative estimate of drug-likeness (QED) is 0.390. The van der Waals surface area contributed by atoms with Crippen LogP contribution in [0.3, 0.4) is 0 Å². The monoisotopic (exact) mass is 151 g/mol. The summed E-state index contributed by atoms with van der Waals surface area (Å²) in [5.74, 6) is 0. The number of imidazole rings is 1. The number of nitrogens with zero attached hydrogens (tertiary/aromatic N) is 3. The molecule has 0 bridgehead atoms. The van der Waals surface area contributed by atoms with Crippen molar-refractivity contribution in [2.75, 3.05) is 0 Å². The molecule has 1 aromatic rings. The first kappa shape index (κ1) is 6.39. The standard InChI is InChI=1S/C7H9N3O/c11-9-4-7-3-8-5-10(7)6-1-2-6/h3-6,11H,1-2H2. The molecule has 1 saturated carbocycles. The van der Waals surface area contributed by atoms with Crippen LogP contribution in [0.4, 0.5) is 0 Å². The molecule has 0 saturated heterocycles. The fourth-order valence-electron chi connectivity index (χ4n) is 1.13. The van der Waals surface area contributed by atoms with Crippen molar-refractivity contribution in [1.29, 1.82) is 0 Å². The minimum atomic E-state index is 0.588. The summed E-state index contributed by atoms with van der Waals surface area (Å²) in [6, 6.07) is 0.588. The largest absolute Gasteiger partial charge is 0.411 e. The molecule has 1 N–H and O–H groups in total. The van der Waals surface area contributed by atoms with Crippen LogP contribution in [0.2, 0.25) is 0 Å². The maximum atomic E-state index is 8.29. The van der Waals surface area contributed by atoms with Crippen LogP contribution in [0.15, 0.2) is 17.7 Å². The van der Waals surface area contributed by atoms with Crippen molar-refractivity contribution in [1.82, 2.24) is 9.55 Å². The highest BCUT2D eigenvalue weighted by molar-refractivity contribution is 5.76. The number of hydrogen-bond acceptors (Lipinski definition) is 3. The Labute approximate surface area is 64.2 Å². The Kier molecular flexibility index (Phi) is 1.38. The van der Waals surface area contributed by atoms with E-state index in [-0.39, 0.29) is 0 Å². The lowest BCUT2D eigenvalue weighted by Gasteiger charge is -1.98. The van der Waals surface area contributed by atoms with Gasteiger partial charge in [-0.05, 0) is 12.8 Å². The van der Waals surface area contributed by atoms with Gasteiger partial charge in [0, 0.05) is 6.04 Å². The van der Waals surface area contributed by atoms with Gasteiger partial charge in [-0.2, -0.15) is 0 Å². The molecule has 0 amide bonds. The van der Waals surface area contributed by atoms with Crippen molar-refractivity contribution < 1.29 is 5.21 Å². The third kappa shape index (κ3) is 1.11. The Hall–Kier alpha value is -1.32. The van der Waals surface area contributed by atoms with E-state index in [1.807, 2.05) is 4.57 Å². The molecule has 1 aliphatic rings. The molecule has 1 aliphatic carbocycles. The molecule has 4 heteroatoms. The second-order valence-electron chi connectivity index (χ2n) is 2.70. The molecule has 1 heterocycles. The summed E-state index contributed by atoms with van der Waals surface area (Å²) in [5, 5.41) is 11.3. The highest BCUT2D eigenvalue weighted by Crippen LogP contribution is 2.35. The van der Waals surface area contributed by atoms with E-state index in [0.29, 0.717) is 6.04 Å². The molecule has 4 nitrogen and oxygen atoms in total. The number of oxime groups is 1. The van der Waals surface area contributed by atoms with Crippen LogP contribution < -0.4 is 0 Å². The highest BCUT2D eigenvalue weighted by Gasteiger charge is 2.24. The average molecular weight is 151 g/mol. The number of rotatable bonds is 2. The fourth-order valence-corrected chi connectivity index (χ4v) is 1.13. The third-order valence-electron chi connectivity index (χ3n) is 1.83. The Balaban J connectivity index is 2.29. The zero-order valence-electron chi connectivity index (χ0n) is 6.01. The summed E-state index contributed by atoms with van der Waals surface area (Å²) in [6.45, 7) is 0. The van der Waals surface area contributed by atoms with Crippen LogP contribution in [0.25, 0.3) is 0 Å². The summed E-state index contributed by atoms with van der Waals surface area (Å²) < 4.78 is 2.03. The van der Waals surface area contributed by atoms with Gasteiger partial charge in [-0.1, -0.05) is 5.16 Å². The molecule has 0 unspecified atom stereocenters. The van der Waals surface area contributed by atoms with Crippen LogP contribution in [0.1, 0.15) is 24.6 Å². The minimum Gasteiger partial charge on any atom is -0.411 e. The fraction of sp³-hybridized carbons (Fsp3) is 0.429. The van der Waals surface area contributed by atoms with E-state index < -0.39 is 0 Å². The van der Waals surface area contributed by atoms with Gasteiger partial charge in [0.05, 0.1) is 24.4 Å². The lowest BCUT2D eigenvalue weighted by atomic mass is 10.5. The van der Waals surface area contributed by atoms with Crippen molar-refractivity contribution in [3.8, 4) is 0 Å². The van der Waals surface area contributed by atoms with Gasteiger partial charge in [0.25, 0.3) is 0 Å². The number of hydrogen-bond donors (Lipinski definition) is 1. The minimum absolute atomic E-state index is 0.588. The van der Waals surface area contributed by atoms with E-state index in [1.54, 1.807) is 12.5 Å². The summed E-state index contributed by atoms with van der Waals surface area (Å²) in [7, 11) is 0. The first-order valence-electron chi connectivity index (χ1n) is 3.61. The van der Waals surface area contributed by atoms with E-state index in [4.69, 9.17) is 5.21 Å². The van der Waals surface area contributed by atoms with Gasteiger partial charge in [0.2, 0.25) is 0 Å². The molecule has 0 spiro atoms. The molecule has 0 aliphatic heterocycles. The van der Waals surface area contributed by atoms with Crippen LogP contribution >= 0.6 is 0 Å². The van der Waals surface area contributed by atoms with Crippen LogP contribution in [0, 0.1) is 0 Å². The first-order valence-corrected chi connectivity index (χ1v) is 3.61. The van der Waals surface area contributed by atoms with Gasteiger partial charge in [0.15, 0.2) is 0 Å². The van der Waals surface area contributed by atoms with Crippen molar-refractivity contribution in [2.24, 2.45) is 5.16 Å². The topological polar surface area (TPSA) is 50.4 Å². The molecule has 0 radical (unpaired) electrons. The predicted molar refractivity (Wildman–Crippen MR) is 39.9 cm³/mol. The Morgan fingerprint density at radius 2 is 2.55 bits per heavy atom. The van der Waals surface area contributed by atoms with Crippen molar-refractivity contribution >= 4 is 6.21 Å². The molecule has 2 rings (SSSR count). The van der Waals surface area contributed by atoms with E-state index in [1.165, 1.54) is 19.1 Å². The maximum Gasteiger partial charge on any atom is 0.0953 e. The van der Waals surface area contributed by atoms with Gasteiger partial charge in [-0.15, -0.1) is 0 Å². The zero-order valence-corrected chi connectivity index (χ0v) is 6.01. The second-order valence-corrected chi connectivity index (χ2v) is 2.70. The zero-order chi connectivity index (χ0) is 7.68. The Morgan fingerprint density at radius 1 is 1.73 bits per heavy atom. The van der Waals surface area contributed by atoms with Gasteiger partial charge in [0.1, 0.15) is 0 Å². The van der Waals surface area contributed by atoms with Crippen LogP contribution in [-0.4, -0.2) is 21.0 Å². The van der Waals surface area contributed by atoms with Crippen molar-refractivity contribution in [2.45, 2.75) is 18.9 Å². The average Bonchev–Trinajstić information content (AvgIpc) is 2.75. The van der Waals surface area contributed by atoms with E-state index in [2.05, 4.69) is 10.1 Å². The van der Waals surface area contributed by atoms with Gasteiger partial charge in [-0.3, -0.25) is 0 Å². The molecular formula is C7H9N3O. The maximum absolute atomic E-state index is 8.29. The second kappa shape index (κ2) is 2.38. The van der Waals surface area contributed by atoms with Crippen molar-refractivity contribution in [3.63, 3.8) is 0 Å².